The Hall–Kier alpha value is -0.170. The zero-order chi connectivity index (χ0) is 11.9. The first-order valence-corrected chi connectivity index (χ1v) is 6.68. The lowest BCUT2D eigenvalue weighted by Crippen LogP contribution is -2.44. The van der Waals surface area contributed by atoms with Crippen LogP contribution in [0.1, 0.15) is 20.8 Å². The molecule has 92 valence electrons. The Morgan fingerprint density at radius 3 is 1.80 bits per heavy atom. The lowest BCUT2D eigenvalue weighted by molar-refractivity contribution is 0.177. The summed E-state index contributed by atoms with van der Waals surface area (Å²) in [7, 11) is -1.73. The molecule has 0 aliphatic carbocycles. The van der Waals surface area contributed by atoms with Crippen LogP contribution in [0.5, 0.6) is 0 Å². The Morgan fingerprint density at radius 2 is 1.47 bits per heavy atom. The normalized spacial score (nSPS) is 12.7. The summed E-state index contributed by atoms with van der Waals surface area (Å²) in [6.07, 6.45) is 0. The van der Waals surface area contributed by atoms with Crippen molar-refractivity contribution in [2.24, 2.45) is 0 Å². The van der Waals surface area contributed by atoms with E-state index in [1.165, 1.54) is 8.61 Å². The fourth-order valence-corrected chi connectivity index (χ4v) is 2.95. The summed E-state index contributed by atoms with van der Waals surface area (Å²) in [4.78, 5) is 0. The monoisotopic (exact) mass is 238 g/mol. The Labute approximate surface area is 93.2 Å². The summed E-state index contributed by atoms with van der Waals surface area (Å²) in [6.45, 7) is 7.82. The molecule has 5 nitrogen and oxygen atoms in total. The third-order valence-electron chi connectivity index (χ3n) is 2.26. The van der Waals surface area contributed by atoms with Gasteiger partial charge in [0.1, 0.15) is 0 Å². The maximum atomic E-state index is 12.0. The molecule has 0 N–H and O–H groups in total. The molecule has 0 atom stereocenters. The average molecular weight is 238 g/mol. The zero-order valence-electron chi connectivity index (χ0n) is 10.1. The molecule has 0 radical (unpaired) electrons. The molecule has 0 bridgehead atoms. The van der Waals surface area contributed by atoms with E-state index in [0.29, 0.717) is 32.8 Å². The number of hydrogen-bond donors (Lipinski definition) is 0. The van der Waals surface area contributed by atoms with Crippen molar-refractivity contribution in [3.63, 3.8) is 0 Å². The van der Waals surface area contributed by atoms with Crippen LogP contribution in [0.3, 0.4) is 0 Å². The molecule has 0 heterocycles. The van der Waals surface area contributed by atoms with Crippen molar-refractivity contribution < 1.29 is 13.2 Å². The predicted molar refractivity (Wildman–Crippen MR) is 61.0 cm³/mol. The molecule has 0 unspecified atom stereocenters. The Kier molecular flexibility index (Phi) is 7.08. The van der Waals surface area contributed by atoms with E-state index in [2.05, 4.69) is 0 Å². The Morgan fingerprint density at radius 1 is 1.00 bits per heavy atom. The van der Waals surface area contributed by atoms with Crippen LogP contribution < -0.4 is 0 Å². The molecule has 0 fully saturated rings. The van der Waals surface area contributed by atoms with Crippen molar-refractivity contribution in [3.8, 4) is 0 Å². The van der Waals surface area contributed by atoms with Gasteiger partial charge in [-0.1, -0.05) is 20.8 Å². The zero-order valence-corrected chi connectivity index (χ0v) is 10.9. The minimum absolute atomic E-state index is 0.409. The molecule has 0 aromatic carbocycles. The quantitative estimate of drug-likeness (QED) is 0.620. The van der Waals surface area contributed by atoms with Gasteiger partial charge in [-0.3, -0.25) is 0 Å². The number of likely N-dealkylation sites (N-methyl/N-ethyl adjacent to an activating group) is 1. The van der Waals surface area contributed by atoms with Gasteiger partial charge in [0.2, 0.25) is 0 Å². The van der Waals surface area contributed by atoms with Crippen LogP contribution in [0, 0.1) is 0 Å². The standard InChI is InChI=1S/C9H22N2O3S/c1-5-10(6-2)15(12,13)11(7-3)8-9-14-4/h5-9H2,1-4H3. The van der Waals surface area contributed by atoms with E-state index >= 15 is 0 Å². The van der Waals surface area contributed by atoms with Crippen LogP contribution in [-0.2, 0) is 14.9 Å². The highest BCUT2D eigenvalue weighted by atomic mass is 32.2. The molecule has 0 aliphatic heterocycles. The fourth-order valence-electron chi connectivity index (χ4n) is 1.34. The van der Waals surface area contributed by atoms with Gasteiger partial charge in [0, 0.05) is 33.3 Å². The first-order valence-electron chi connectivity index (χ1n) is 5.28. The van der Waals surface area contributed by atoms with Crippen molar-refractivity contribution in [2.75, 3.05) is 39.9 Å². The van der Waals surface area contributed by atoms with Gasteiger partial charge in [0.15, 0.2) is 0 Å². The molecule has 0 amide bonds. The third kappa shape index (κ3) is 4.06. The van der Waals surface area contributed by atoms with Crippen LogP contribution in [0.15, 0.2) is 0 Å². The summed E-state index contributed by atoms with van der Waals surface area (Å²) in [5.74, 6) is 0. The first kappa shape index (κ1) is 14.8. The summed E-state index contributed by atoms with van der Waals surface area (Å²) in [5.41, 5.74) is 0. The highest BCUT2D eigenvalue weighted by molar-refractivity contribution is 7.86. The van der Waals surface area contributed by atoms with Crippen LogP contribution in [0.25, 0.3) is 0 Å². The van der Waals surface area contributed by atoms with Crippen molar-refractivity contribution >= 4 is 10.2 Å². The second-order valence-electron chi connectivity index (χ2n) is 3.08. The molecule has 0 saturated carbocycles. The minimum atomic E-state index is -3.30. The highest BCUT2D eigenvalue weighted by Crippen LogP contribution is 2.07. The molecule has 0 aromatic rings. The van der Waals surface area contributed by atoms with E-state index < -0.39 is 10.2 Å². The SMILES string of the molecule is CCN(CC)S(=O)(=O)N(CC)CCOC. The maximum Gasteiger partial charge on any atom is 0.282 e. The van der Waals surface area contributed by atoms with Crippen molar-refractivity contribution in [3.05, 3.63) is 0 Å². The number of ether oxygens (including phenoxy) is 1. The van der Waals surface area contributed by atoms with E-state index in [1.54, 1.807) is 7.11 Å². The number of rotatable bonds is 8. The molecule has 0 saturated heterocycles. The van der Waals surface area contributed by atoms with Gasteiger partial charge < -0.3 is 4.74 Å². The van der Waals surface area contributed by atoms with E-state index in [0.717, 1.165) is 0 Å². The largest absolute Gasteiger partial charge is 0.383 e. The summed E-state index contributed by atoms with van der Waals surface area (Å²) in [5, 5.41) is 0. The molecular weight excluding hydrogens is 216 g/mol. The van der Waals surface area contributed by atoms with Crippen molar-refractivity contribution in [1.29, 1.82) is 0 Å². The Balaban J connectivity index is 4.64. The van der Waals surface area contributed by atoms with Crippen LogP contribution in [0.4, 0.5) is 0 Å². The molecule has 0 aliphatic rings. The van der Waals surface area contributed by atoms with Gasteiger partial charge in [-0.25, -0.2) is 0 Å². The van der Waals surface area contributed by atoms with Crippen molar-refractivity contribution in [1.82, 2.24) is 8.61 Å². The molecule has 6 heteroatoms. The van der Waals surface area contributed by atoms with E-state index in [1.807, 2.05) is 20.8 Å². The van der Waals surface area contributed by atoms with Gasteiger partial charge in [0.05, 0.1) is 6.61 Å². The van der Waals surface area contributed by atoms with E-state index in [4.69, 9.17) is 4.74 Å². The van der Waals surface area contributed by atoms with Gasteiger partial charge in [-0.15, -0.1) is 0 Å². The van der Waals surface area contributed by atoms with Gasteiger partial charge in [0.25, 0.3) is 10.2 Å². The first-order chi connectivity index (χ1) is 7.04. The van der Waals surface area contributed by atoms with E-state index in [9.17, 15) is 8.42 Å². The molecule has 0 rings (SSSR count). The number of hydrogen-bond acceptors (Lipinski definition) is 3. The molecule has 0 aromatic heterocycles. The smallest absolute Gasteiger partial charge is 0.282 e. The van der Waals surface area contributed by atoms with Gasteiger partial charge in [-0.2, -0.15) is 17.0 Å². The second-order valence-corrected chi connectivity index (χ2v) is 5.00. The lowest BCUT2D eigenvalue weighted by atomic mass is 10.6. The van der Waals surface area contributed by atoms with Crippen LogP contribution in [-0.4, -0.2) is 56.9 Å². The van der Waals surface area contributed by atoms with Crippen molar-refractivity contribution in [2.45, 2.75) is 20.8 Å². The molecule has 0 spiro atoms. The van der Waals surface area contributed by atoms with E-state index in [-0.39, 0.29) is 0 Å². The fraction of sp³-hybridized carbons (Fsp3) is 1.00. The van der Waals surface area contributed by atoms with Gasteiger partial charge >= 0.3 is 0 Å². The lowest BCUT2D eigenvalue weighted by Gasteiger charge is -2.27. The maximum absolute atomic E-state index is 12.0. The minimum Gasteiger partial charge on any atom is -0.383 e. The van der Waals surface area contributed by atoms with Crippen LogP contribution in [0.2, 0.25) is 0 Å². The predicted octanol–water partition coefficient (Wildman–Crippen LogP) is 0.541. The average Bonchev–Trinajstić information content (AvgIpc) is 2.20. The summed E-state index contributed by atoms with van der Waals surface area (Å²) >= 11 is 0. The second kappa shape index (κ2) is 7.16. The van der Waals surface area contributed by atoms with Crippen LogP contribution >= 0.6 is 0 Å². The Bertz CT molecular complexity index is 250. The summed E-state index contributed by atoms with van der Waals surface area (Å²) in [6, 6.07) is 0. The van der Waals surface area contributed by atoms with Gasteiger partial charge in [-0.05, 0) is 0 Å². The topological polar surface area (TPSA) is 49.9 Å². The summed E-state index contributed by atoms with van der Waals surface area (Å²) < 4.78 is 31.8. The number of methoxy groups -OCH3 is 1. The third-order valence-corrected chi connectivity index (χ3v) is 4.52. The number of nitrogens with zero attached hydrogens (tertiary/aromatic N) is 2. The highest BCUT2D eigenvalue weighted by Gasteiger charge is 2.25. The molecule has 15 heavy (non-hydrogen) atoms. The molecular formula is C9H22N2O3S.